The fourth-order valence-electron chi connectivity index (χ4n) is 4.28. The Labute approximate surface area is 185 Å². The SMILES string of the molecule is COc1ccc(CN2C(=O)[C@H](C(C)C)N(Cc3ccc(OC)cc3)C(C)(C)[C@@H]2O)cc1. The first-order valence-electron chi connectivity index (χ1n) is 10.7. The molecule has 0 bridgehead atoms. The van der Waals surface area contributed by atoms with Crippen molar-refractivity contribution in [2.24, 2.45) is 5.92 Å². The molecule has 3 rings (SSSR count). The van der Waals surface area contributed by atoms with Crippen LogP contribution < -0.4 is 9.47 Å². The largest absolute Gasteiger partial charge is 0.497 e. The van der Waals surface area contributed by atoms with Crippen molar-refractivity contribution in [3.63, 3.8) is 0 Å². The van der Waals surface area contributed by atoms with E-state index in [2.05, 4.69) is 18.7 Å². The highest BCUT2D eigenvalue weighted by molar-refractivity contribution is 5.83. The molecule has 0 saturated carbocycles. The third-order valence-electron chi connectivity index (χ3n) is 6.19. The molecule has 0 aliphatic carbocycles. The van der Waals surface area contributed by atoms with Gasteiger partial charge in [0, 0.05) is 13.1 Å². The molecule has 1 aliphatic rings. The van der Waals surface area contributed by atoms with E-state index in [1.165, 1.54) is 0 Å². The van der Waals surface area contributed by atoms with Crippen LogP contribution in [-0.2, 0) is 17.9 Å². The van der Waals surface area contributed by atoms with Gasteiger partial charge in [-0.3, -0.25) is 9.69 Å². The van der Waals surface area contributed by atoms with E-state index < -0.39 is 11.8 Å². The minimum Gasteiger partial charge on any atom is -0.497 e. The van der Waals surface area contributed by atoms with Crippen molar-refractivity contribution in [1.29, 1.82) is 0 Å². The van der Waals surface area contributed by atoms with E-state index in [-0.39, 0.29) is 17.9 Å². The number of nitrogens with zero attached hydrogens (tertiary/aromatic N) is 2. The summed E-state index contributed by atoms with van der Waals surface area (Å²) in [5.74, 6) is 1.60. The summed E-state index contributed by atoms with van der Waals surface area (Å²) in [7, 11) is 3.27. The molecule has 168 valence electrons. The molecule has 0 radical (unpaired) electrons. The van der Waals surface area contributed by atoms with Gasteiger partial charge in [0.05, 0.1) is 25.8 Å². The van der Waals surface area contributed by atoms with Crippen LogP contribution in [0.1, 0.15) is 38.8 Å². The lowest BCUT2D eigenvalue weighted by molar-refractivity contribution is -0.192. The van der Waals surface area contributed by atoms with E-state index in [4.69, 9.17) is 9.47 Å². The van der Waals surface area contributed by atoms with Gasteiger partial charge in [0.15, 0.2) is 0 Å². The smallest absolute Gasteiger partial charge is 0.242 e. The van der Waals surface area contributed by atoms with Crippen molar-refractivity contribution >= 4 is 5.91 Å². The second-order valence-corrected chi connectivity index (χ2v) is 9.01. The maximum atomic E-state index is 13.6. The highest BCUT2D eigenvalue weighted by Gasteiger charge is 2.51. The van der Waals surface area contributed by atoms with Crippen LogP contribution in [0.2, 0.25) is 0 Å². The molecule has 0 spiro atoms. The highest BCUT2D eigenvalue weighted by atomic mass is 16.5. The number of aliphatic hydroxyl groups excluding tert-OH is 1. The van der Waals surface area contributed by atoms with Gasteiger partial charge < -0.3 is 19.5 Å². The van der Waals surface area contributed by atoms with Crippen molar-refractivity contribution in [2.75, 3.05) is 14.2 Å². The van der Waals surface area contributed by atoms with Crippen LogP contribution in [0.4, 0.5) is 0 Å². The first-order chi connectivity index (χ1) is 14.7. The highest BCUT2D eigenvalue weighted by Crippen LogP contribution is 2.36. The number of carbonyl (C=O) groups excluding carboxylic acids is 1. The van der Waals surface area contributed by atoms with Gasteiger partial charge in [0.1, 0.15) is 17.7 Å². The van der Waals surface area contributed by atoms with Crippen molar-refractivity contribution in [3.8, 4) is 11.5 Å². The van der Waals surface area contributed by atoms with Gasteiger partial charge in [-0.05, 0) is 55.2 Å². The summed E-state index contributed by atoms with van der Waals surface area (Å²) in [6.45, 7) is 9.05. The van der Waals surface area contributed by atoms with E-state index in [1.54, 1.807) is 19.1 Å². The Morgan fingerprint density at radius 1 is 0.903 bits per heavy atom. The van der Waals surface area contributed by atoms with Crippen molar-refractivity contribution < 1.29 is 19.4 Å². The first-order valence-corrected chi connectivity index (χ1v) is 10.7. The molecule has 0 aromatic heterocycles. The molecule has 0 unspecified atom stereocenters. The standard InChI is InChI=1S/C25H34N2O4/c1-17(2)22-23(28)26(15-18-7-11-20(30-5)12-8-18)24(29)25(3,4)27(22)16-19-9-13-21(31-6)14-10-19/h7-14,17,22,24,29H,15-16H2,1-6H3/t22-,24-/m0/s1. The van der Waals surface area contributed by atoms with E-state index in [1.807, 2.05) is 62.4 Å². The van der Waals surface area contributed by atoms with Gasteiger partial charge in [-0.1, -0.05) is 38.1 Å². The summed E-state index contributed by atoms with van der Waals surface area (Å²) in [5, 5.41) is 11.3. The zero-order valence-corrected chi connectivity index (χ0v) is 19.3. The number of hydrogen-bond donors (Lipinski definition) is 1. The summed E-state index contributed by atoms with van der Waals surface area (Å²) >= 11 is 0. The average molecular weight is 427 g/mol. The van der Waals surface area contributed by atoms with Gasteiger partial charge in [0.2, 0.25) is 5.91 Å². The number of piperazine rings is 1. The Bertz CT molecular complexity index is 877. The molecule has 1 fully saturated rings. The third-order valence-corrected chi connectivity index (χ3v) is 6.19. The number of hydrogen-bond acceptors (Lipinski definition) is 5. The van der Waals surface area contributed by atoms with Crippen molar-refractivity contribution in [1.82, 2.24) is 9.80 Å². The third kappa shape index (κ3) is 4.70. The Morgan fingerprint density at radius 3 is 1.77 bits per heavy atom. The number of aliphatic hydroxyl groups is 1. The van der Waals surface area contributed by atoms with Gasteiger partial charge in [-0.2, -0.15) is 0 Å². The number of ether oxygens (including phenoxy) is 2. The maximum absolute atomic E-state index is 13.6. The first kappa shape index (κ1) is 23.1. The molecule has 2 atom stereocenters. The normalized spacial score (nSPS) is 21.4. The minimum absolute atomic E-state index is 0.0499. The van der Waals surface area contributed by atoms with Crippen LogP contribution >= 0.6 is 0 Å². The quantitative estimate of drug-likeness (QED) is 0.732. The molecular formula is C25H34N2O4. The predicted octanol–water partition coefficient (Wildman–Crippen LogP) is 3.67. The number of rotatable bonds is 7. The molecule has 1 N–H and O–H groups in total. The lowest BCUT2D eigenvalue weighted by Gasteiger charge is -2.55. The maximum Gasteiger partial charge on any atom is 0.242 e. The Morgan fingerprint density at radius 2 is 1.35 bits per heavy atom. The molecule has 1 aliphatic heterocycles. The molecule has 1 heterocycles. The van der Waals surface area contributed by atoms with Crippen LogP contribution in [0.3, 0.4) is 0 Å². The molecule has 1 saturated heterocycles. The Kier molecular flexibility index (Phi) is 6.92. The van der Waals surface area contributed by atoms with Gasteiger partial charge in [-0.15, -0.1) is 0 Å². The zero-order chi connectivity index (χ0) is 22.8. The van der Waals surface area contributed by atoms with Gasteiger partial charge >= 0.3 is 0 Å². The molecule has 6 heteroatoms. The molecule has 2 aromatic carbocycles. The second kappa shape index (κ2) is 9.28. The summed E-state index contributed by atoms with van der Waals surface area (Å²) < 4.78 is 10.5. The lowest BCUT2D eigenvalue weighted by atomic mass is 9.86. The lowest BCUT2D eigenvalue weighted by Crippen LogP contribution is -2.71. The summed E-state index contributed by atoms with van der Waals surface area (Å²) in [5.41, 5.74) is 1.40. The Balaban J connectivity index is 1.89. The fourth-order valence-corrected chi connectivity index (χ4v) is 4.28. The summed E-state index contributed by atoms with van der Waals surface area (Å²) in [4.78, 5) is 17.3. The molecule has 6 nitrogen and oxygen atoms in total. The minimum atomic E-state index is -0.935. The zero-order valence-electron chi connectivity index (χ0n) is 19.3. The molecule has 2 aromatic rings. The number of methoxy groups -OCH3 is 2. The van der Waals surface area contributed by atoms with E-state index in [0.717, 1.165) is 22.6 Å². The monoisotopic (exact) mass is 426 g/mol. The van der Waals surface area contributed by atoms with Crippen LogP contribution in [-0.4, -0.2) is 52.8 Å². The van der Waals surface area contributed by atoms with Gasteiger partial charge in [-0.25, -0.2) is 0 Å². The predicted molar refractivity (Wildman–Crippen MR) is 121 cm³/mol. The molecular weight excluding hydrogens is 392 g/mol. The van der Waals surface area contributed by atoms with Gasteiger partial charge in [0.25, 0.3) is 0 Å². The number of benzene rings is 2. The van der Waals surface area contributed by atoms with E-state index >= 15 is 0 Å². The number of amides is 1. The summed E-state index contributed by atoms with van der Waals surface area (Å²) in [6, 6.07) is 15.1. The Hall–Kier alpha value is -2.57. The number of carbonyl (C=O) groups is 1. The van der Waals surface area contributed by atoms with E-state index in [9.17, 15) is 9.90 Å². The second-order valence-electron chi connectivity index (χ2n) is 9.01. The topological polar surface area (TPSA) is 62.2 Å². The van der Waals surface area contributed by atoms with Crippen molar-refractivity contribution in [3.05, 3.63) is 59.7 Å². The van der Waals surface area contributed by atoms with Crippen LogP contribution in [0.5, 0.6) is 11.5 Å². The molecule has 1 amide bonds. The average Bonchev–Trinajstić information content (AvgIpc) is 2.76. The van der Waals surface area contributed by atoms with Crippen LogP contribution in [0.25, 0.3) is 0 Å². The van der Waals surface area contributed by atoms with Crippen LogP contribution in [0.15, 0.2) is 48.5 Å². The summed E-state index contributed by atoms with van der Waals surface area (Å²) in [6.07, 6.45) is -0.935. The molecule has 31 heavy (non-hydrogen) atoms. The van der Waals surface area contributed by atoms with E-state index in [0.29, 0.717) is 13.1 Å². The fraction of sp³-hybridized carbons (Fsp3) is 0.480. The van der Waals surface area contributed by atoms with Crippen LogP contribution in [0, 0.1) is 5.92 Å². The van der Waals surface area contributed by atoms with Crippen molar-refractivity contribution in [2.45, 2.75) is 58.6 Å².